The third-order valence-corrected chi connectivity index (χ3v) is 3.06. The lowest BCUT2D eigenvalue weighted by atomic mass is 10.2. The lowest BCUT2D eigenvalue weighted by Gasteiger charge is -2.22. The van der Waals surface area contributed by atoms with Crippen LogP contribution >= 0.6 is 0 Å². The van der Waals surface area contributed by atoms with Gasteiger partial charge >= 0.3 is 11.8 Å². The first kappa shape index (κ1) is 12.5. The van der Waals surface area contributed by atoms with E-state index in [0.29, 0.717) is 13.2 Å². The SMILES string of the molecule is O=[N+]([O-])c1cn2c(n1)O[C@@H](COc1ccccc1)CC2. The van der Waals surface area contributed by atoms with Crippen molar-refractivity contribution in [2.24, 2.45) is 0 Å². The zero-order valence-electron chi connectivity index (χ0n) is 10.6. The summed E-state index contributed by atoms with van der Waals surface area (Å²) in [4.78, 5) is 14.0. The Kier molecular flexibility index (Phi) is 3.24. The molecule has 2 aromatic rings. The molecule has 0 fully saturated rings. The molecular weight excluding hydrogens is 262 g/mol. The maximum atomic E-state index is 10.7. The predicted molar refractivity (Wildman–Crippen MR) is 69.9 cm³/mol. The average Bonchev–Trinajstić information content (AvgIpc) is 2.89. The molecule has 1 aliphatic rings. The van der Waals surface area contributed by atoms with Gasteiger partial charge in [-0.15, -0.1) is 0 Å². The Morgan fingerprint density at radius 1 is 1.45 bits per heavy atom. The fourth-order valence-electron chi connectivity index (χ4n) is 2.04. The summed E-state index contributed by atoms with van der Waals surface area (Å²) in [5, 5.41) is 10.7. The molecule has 0 unspecified atom stereocenters. The number of hydrogen-bond donors (Lipinski definition) is 0. The second-order valence-corrected chi connectivity index (χ2v) is 4.48. The Hall–Kier alpha value is -2.57. The number of para-hydroxylation sites is 1. The van der Waals surface area contributed by atoms with Crippen molar-refractivity contribution in [3.63, 3.8) is 0 Å². The summed E-state index contributed by atoms with van der Waals surface area (Å²) in [6, 6.07) is 9.73. The molecule has 20 heavy (non-hydrogen) atoms. The van der Waals surface area contributed by atoms with E-state index in [0.717, 1.165) is 12.2 Å². The van der Waals surface area contributed by atoms with Gasteiger partial charge in [0.05, 0.1) is 0 Å². The molecule has 104 valence electrons. The average molecular weight is 275 g/mol. The van der Waals surface area contributed by atoms with E-state index >= 15 is 0 Å². The summed E-state index contributed by atoms with van der Waals surface area (Å²) in [6.07, 6.45) is 1.97. The first-order valence-corrected chi connectivity index (χ1v) is 6.28. The quantitative estimate of drug-likeness (QED) is 0.630. The molecule has 0 bridgehead atoms. The first-order chi connectivity index (χ1) is 9.72. The molecule has 0 saturated heterocycles. The van der Waals surface area contributed by atoms with Crippen molar-refractivity contribution in [2.75, 3.05) is 6.61 Å². The van der Waals surface area contributed by atoms with Crippen LogP contribution in [0, 0.1) is 10.1 Å². The highest BCUT2D eigenvalue weighted by Gasteiger charge is 2.28. The lowest BCUT2D eigenvalue weighted by Crippen LogP contribution is -2.31. The molecule has 3 rings (SSSR count). The third kappa shape index (κ3) is 2.56. The Bertz CT molecular complexity index is 611. The van der Waals surface area contributed by atoms with Crippen LogP contribution in [0.25, 0.3) is 0 Å². The molecule has 2 heterocycles. The Morgan fingerprint density at radius 2 is 2.25 bits per heavy atom. The van der Waals surface area contributed by atoms with Crippen LogP contribution in [0.2, 0.25) is 0 Å². The first-order valence-electron chi connectivity index (χ1n) is 6.28. The highest BCUT2D eigenvalue weighted by atomic mass is 16.6. The van der Waals surface area contributed by atoms with E-state index in [9.17, 15) is 10.1 Å². The van der Waals surface area contributed by atoms with E-state index in [1.54, 1.807) is 4.57 Å². The van der Waals surface area contributed by atoms with Crippen molar-refractivity contribution < 1.29 is 14.4 Å². The monoisotopic (exact) mass is 275 g/mol. The molecule has 0 N–H and O–H groups in total. The van der Waals surface area contributed by atoms with Crippen LogP contribution in [-0.2, 0) is 6.54 Å². The fourth-order valence-corrected chi connectivity index (χ4v) is 2.04. The normalized spacial score (nSPS) is 17.1. The molecule has 1 aromatic carbocycles. The van der Waals surface area contributed by atoms with Gasteiger partial charge in [-0.3, -0.25) is 4.57 Å². The largest absolute Gasteiger partial charge is 0.490 e. The summed E-state index contributed by atoms with van der Waals surface area (Å²) < 4.78 is 12.9. The molecule has 0 aliphatic carbocycles. The molecule has 1 atom stereocenters. The second kappa shape index (κ2) is 5.20. The number of imidazole rings is 1. The van der Waals surface area contributed by atoms with Crippen molar-refractivity contribution in [3.05, 3.63) is 46.6 Å². The number of nitro groups is 1. The van der Waals surface area contributed by atoms with Crippen molar-refractivity contribution in [3.8, 4) is 11.8 Å². The molecule has 0 spiro atoms. The smallest absolute Gasteiger partial charge is 0.414 e. The van der Waals surface area contributed by atoms with E-state index < -0.39 is 4.92 Å². The molecular formula is C13H13N3O4. The molecule has 7 nitrogen and oxygen atoms in total. The maximum Gasteiger partial charge on any atom is 0.414 e. The number of ether oxygens (including phenoxy) is 2. The maximum absolute atomic E-state index is 10.7. The number of aryl methyl sites for hydroxylation is 1. The molecule has 0 saturated carbocycles. The van der Waals surface area contributed by atoms with Crippen molar-refractivity contribution in [1.82, 2.24) is 9.55 Å². The van der Waals surface area contributed by atoms with Gasteiger partial charge in [0.1, 0.15) is 24.7 Å². The van der Waals surface area contributed by atoms with E-state index in [1.165, 1.54) is 6.20 Å². The van der Waals surface area contributed by atoms with Gasteiger partial charge in [-0.25, -0.2) is 0 Å². The minimum atomic E-state index is -0.524. The van der Waals surface area contributed by atoms with Gasteiger partial charge < -0.3 is 19.6 Å². The summed E-state index contributed by atoms with van der Waals surface area (Å²) in [6.45, 7) is 1.03. The summed E-state index contributed by atoms with van der Waals surface area (Å²) >= 11 is 0. The minimum Gasteiger partial charge on any atom is -0.490 e. The van der Waals surface area contributed by atoms with Crippen molar-refractivity contribution >= 4 is 5.82 Å². The standard InChI is InChI=1S/C13H13N3O4/c17-16(18)12-8-15-7-6-11(20-13(15)14-12)9-19-10-4-2-1-3-5-10/h1-5,8,11H,6-7,9H2/t11-/m1/s1. The van der Waals surface area contributed by atoms with Crippen molar-refractivity contribution in [1.29, 1.82) is 0 Å². The summed E-state index contributed by atoms with van der Waals surface area (Å²) in [5.74, 6) is 0.584. The van der Waals surface area contributed by atoms with Crippen molar-refractivity contribution in [2.45, 2.75) is 19.1 Å². The van der Waals surface area contributed by atoms with Crippen LogP contribution in [0.4, 0.5) is 5.82 Å². The summed E-state index contributed by atoms with van der Waals surface area (Å²) in [7, 11) is 0. The zero-order valence-corrected chi connectivity index (χ0v) is 10.6. The number of aromatic nitrogens is 2. The van der Waals surface area contributed by atoms with Gasteiger partial charge in [-0.05, 0) is 17.1 Å². The van der Waals surface area contributed by atoms with Gasteiger partial charge in [0.25, 0.3) is 0 Å². The van der Waals surface area contributed by atoms with Gasteiger partial charge in [-0.1, -0.05) is 18.2 Å². The van der Waals surface area contributed by atoms with Crippen LogP contribution in [0.5, 0.6) is 11.8 Å². The van der Waals surface area contributed by atoms with E-state index in [2.05, 4.69) is 4.98 Å². The van der Waals surface area contributed by atoms with Crippen LogP contribution in [0.15, 0.2) is 36.5 Å². The molecule has 0 radical (unpaired) electrons. The van der Waals surface area contributed by atoms with E-state index in [-0.39, 0.29) is 17.9 Å². The van der Waals surface area contributed by atoms with Crippen LogP contribution < -0.4 is 9.47 Å². The zero-order chi connectivity index (χ0) is 13.9. The van der Waals surface area contributed by atoms with Gasteiger partial charge in [-0.2, -0.15) is 0 Å². The molecule has 7 heteroatoms. The van der Waals surface area contributed by atoms with Crippen LogP contribution in [0.1, 0.15) is 6.42 Å². The summed E-state index contributed by atoms with van der Waals surface area (Å²) in [5.41, 5.74) is 0. The van der Waals surface area contributed by atoms with Crippen LogP contribution in [0.3, 0.4) is 0 Å². The molecule has 1 aliphatic heterocycles. The third-order valence-electron chi connectivity index (χ3n) is 3.06. The number of nitrogens with zero attached hydrogens (tertiary/aromatic N) is 3. The fraction of sp³-hybridized carbons (Fsp3) is 0.308. The Labute approximate surface area is 114 Å². The Balaban J connectivity index is 1.62. The van der Waals surface area contributed by atoms with Gasteiger partial charge in [0.15, 0.2) is 0 Å². The number of fused-ring (bicyclic) bond motifs is 1. The molecule has 0 amide bonds. The second-order valence-electron chi connectivity index (χ2n) is 4.48. The highest BCUT2D eigenvalue weighted by Crippen LogP contribution is 2.24. The van der Waals surface area contributed by atoms with Gasteiger partial charge in [0, 0.05) is 17.9 Å². The minimum absolute atomic E-state index is 0.148. The van der Waals surface area contributed by atoms with Crippen LogP contribution in [-0.4, -0.2) is 27.2 Å². The van der Waals surface area contributed by atoms with E-state index in [1.807, 2.05) is 30.3 Å². The predicted octanol–water partition coefficient (Wildman–Crippen LogP) is 2.02. The van der Waals surface area contributed by atoms with E-state index in [4.69, 9.17) is 9.47 Å². The Morgan fingerprint density at radius 3 is 3.00 bits per heavy atom. The van der Waals surface area contributed by atoms with Gasteiger partial charge in [0.2, 0.25) is 0 Å². The molecule has 1 aromatic heterocycles. The number of benzene rings is 1. The number of rotatable bonds is 4. The highest BCUT2D eigenvalue weighted by molar-refractivity contribution is 5.22. The lowest BCUT2D eigenvalue weighted by molar-refractivity contribution is -0.389. The number of hydrogen-bond acceptors (Lipinski definition) is 5. The topological polar surface area (TPSA) is 79.4 Å².